The van der Waals surface area contributed by atoms with Crippen LogP contribution in [0.1, 0.15) is 13.3 Å². The minimum Gasteiger partial charge on any atom is -0.497 e. The quantitative estimate of drug-likeness (QED) is 0.604. The molecular formula is C9H14O2. The van der Waals surface area contributed by atoms with Crippen LogP contribution in [0.15, 0.2) is 24.0 Å². The van der Waals surface area contributed by atoms with Crippen LogP contribution in [-0.4, -0.2) is 19.8 Å². The summed E-state index contributed by atoms with van der Waals surface area (Å²) in [6, 6.07) is 0. The van der Waals surface area contributed by atoms with Gasteiger partial charge in [-0.2, -0.15) is 0 Å². The Morgan fingerprint density at radius 2 is 2.18 bits per heavy atom. The summed E-state index contributed by atoms with van der Waals surface area (Å²) in [4.78, 5) is 0. The first-order valence-electron chi connectivity index (χ1n) is 3.69. The van der Waals surface area contributed by atoms with Crippen LogP contribution in [0.5, 0.6) is 0 Å². The van der Waals surface area contributed by atoms with Crippen molar-refractivity contribution in [1.29, 1.82) is 0 Å². The van der Waals surface area contributed by atoms with Crippen molar-refractivity contribution in [2.75, 3.05) is 14.2 Å². The maximum absolute atomic E-state index is 5.30. The smallest absolute Gasteiger partial charge is 0.117 e. The third kappa shape index (κ3) is 1.84. The van der Waals surface area contributed by atoms with Crippen molar-refractivity contribution in [3.63, 3.8) is 0 Å². The average Bonchev–Trinajstić information content (AvgIpc) is 2.05. The van der Waals surface area contributed by atoms with E-state index in [4.69, 9.17) is 9.47 Å². The van der Waals surface area contributed by atoms with E-state index in [1.54, 1.807) is 14.2 Å². The Labute approximate surface area is 67.5 Å². The van der Waals surface area contributed by atoms with E-state index in [2.05, 4.69) is 6.08 Å². The summed E-state index contributed by atoms with van der Waals surface area (Å²) in [6.45, 7) is 2.04. The predicted octanol–water partition coefficient (Wildman–Crippen LogP) is 1.88. The first-order valence-corrected chi connectivity index (χ1v) is 3.69. The molecule has 0 bridgehead atoms. The Kier molecular flexibility index (Phi) is 2.35. The molecule has 1 aliphatic carbocycles. The van der Waals surface area contributed by atoms with Gasteiger partial charge in [0.2, 0.25) is 0 Å². The third-order valence-corrected chi connectivity index (χ3v) is 1.95. The molecule has 0 aliphatic heterocycles. The number of methoxy groups -OCH3 is 2. The standard InChI is InChI=1S/C9H14O2/c1-9(11-3)6-4-5-8(7-9)10-2/h4-5,7H,6H2,1-3H3. The van der Waals surface area contributed by atoms with Gasteiger partial charge in [0.25, 0.3) is 0 Å². The van der Waals surface area contributed by atoms with E-state index in [9.17, 15) is 0 Å². The minimum absolute atomic E-state index is 0.180. The maximum atomic E-state index is 5.30. The molecule has 0 fully saturated rings. The van der Waals surface area contributed by atoms with Gasteiger partial charge in [-0.25, -0.2) is 0 Å². The van der Waals surface area contributed by atoms with Gasteiger partial charge in [0, 0.05) is 7.11 Å². The van der Waals surface area contributed by atoms with E-state index in [-0.39, 0.29) is 5.60 Å². The van der Waals surface area contributed by atoms with Crippen LogP contribution >= 0.6 is 0 Å². The molecule has 0 heterocycles. The molecule has 0 saturated carbocycles. The van der Waals surface area contributed by atoms with Crippen LogP contribution in [0.4, 0.5) is 0 Å². The van der Waals surface area contributed by atoms with E-state index in [0.717, 1.165) is 12.2 Å². The second-order valence-corrected chi connectivity index (χ2v) is 2.87. The lowest BCUT2D eigenvalue weighted by Crippen LogP contribution is -2.25. The van der Waals surface area contributed by atoms with Crippen LogP contribution in [0.3, 0.4) is 0 Å². The van der Waals surface area contributed by atoms with Crippen molar-refractivity contribution in [2.24, 2.45) is 0 Å². The van der Waals surface area contributed by atoms with E-state index >= 15 is 0 Å². The first kappa shape index (κ1) is 8.34. The molecule has 0 aromatic rings. The summed E-state index contributed by atoms with van der Waals surface area (Å²) in [6.07, 6.45) is 6.92. The fraction of sp³-hybridized carbons (Fsp3) is 0.556. The molecular weight excluding hydrogens is 140 g/mol. The van der Waals surface area contributed by atoms with Gasteiger partial charge in [0.1, 0.15) is 5.76 Å². The minimum atomic E-state index is -0.180. The molecule has 0 aromatic heterocycles. The van der Waals surface area contributed by atoms with Gasteiger partial charge >= 0.3 is 0 Å². The summed E-state index contributed by atoms with van der Waals surface area (Å²) in [7, 11) is 3.38. The molecule has 0 radical (unpaired) electrons. The van der Waals surface area contributed by atoms with Crippen molar-refractivity contribution in [1.82, 2.24) is 0 Å². The molecule has 1 rings (SSSR count). The number of ether oxygens (including phenoxy) is 2. The van der Waals surface area contributed by atoms with E-state index in [0.29, 0.717) is 0 Å². The van der Waals surface area contributed by atoms with Gasteiger partial charge in [0.05, 0.1) is 12.7 Å². The predicted molar refractivity (Wildman–Crippen MR) is 44.3 cm³/mol. The topological polar surface area (TPSA) is 18.5 Å². The van der Waals surface area contributed by atoms with Crippen LogP contribution in [0.2, 0.25) is 0 Å². The van der Waals surface area contributed by atoms with Gasteiger partial charge in [-0.15, -0.1) is 0 Å². The lowest BCUT2D eigenvalue weighted by molar-refractivity contribution is 0.0463. The number of hydrogen-bond donors (Lipinski definition) is 0. The van der Waals surface area contributed by atoms with Crippen molar-refractivity contribution >= 4 is 0 Å². The normalized spacial score (nSPS) is 29.9. The van der Waals surface area contributed by atoms with E-state index in [1.807, 2.05) is 19.1 Å². The Morgan fingerprint density at radius 3 is 2.73 bits per heavy atom. The Bertz CT molecular complexity index is 194. The molecule has 0 amide bonds. The van der Waals surface area contributed by atoms with Crippen molar-refractivity contribution in [3.8, 4) is 0 Å². The molecule has 1 atom stereocenters. The Hall–Kier alpha value is -0.760. The van der Waals surface area contributed by atoms with Crippen molar-refractivity contribution < 1.29 is 9.47 Å². The summed E-state index contributed by atoms with van der Waals surface area (Å²) >= 11 is 0. The van der Waals surface area contributed by atoms with Gasteiger partial charge in [-0.3, -0.25) is 0 Å². The zero-order valence-electron chi connectivity index (χ0n) is 7.26. The van der Waals surface area contributed by atoms with Crippen LogP contribution in [-0.2, 0) is 9.47 Å². The second kappa shape index (κ2) is 3.09. The highest BCUT2D eigenvalue weighted by molar-refractivity contribution is 5.23. The maximum Gasteiger partial charge on any atom is 0.117 e. The average molecular weight is 154 g/mol. The van der Waals surface area contributed by atoms with E-state index in [1.165, 1.54) is 0 Å². The first-order chi connectivity index (χ1) is 5.20. The summed E-state index contributed by atoms with van der Waals surface area (Å²) in [5.41, 5.74) is -0.180. The summed E-state index contributed by atoms with van der Waals surface area (Å²) < 4.78 is 10.4. The van der Waals surface area contributed by atoms with Crippen LogP contribution in [0, 0.1) is 0 Å². The molecule has 0 saturated heterocycles. The molecule has 62 valence electrons. The molecule has 0 spiro atoms. The highest BCUT2D eigenvalue weighted by atomic mass is 16.5. The third-order valence-electron chi connectivity index (χ3n) is 1.95. The number of allylic oxidation sites excluding steroid dienone is 1. The molecule has 0 aromatic carbocycles. The molecule has 11 heavy (non-hydrogen) atoms. The highest BCUT2D eigenvalue weighted by Crippen LogP contribution is 2.23. The monoisotopic (exact) mass is 154 g/mol. The fourth-order valence-electron chi connectivity index (χ4n) is 1.09. The van der Waals surface area contributed by atoms with Crippen molar-refractivity contribution in [2.45, 2.75) is 18.9 Å². The van der Waals surface area contributed by atoms with Crippen LogP contribution in [0.25, 0.3) is 0 Å². The van der Waals surface area contributed by atoms with Gasteiger partial charge in [-0.05, 0) is 25.5 Å². The summed E-state index contributed by atoms with van der Waals surface area (Å²) in [5.74, 6) is 0.876. The highest BCUT2D eigenvalue weighted by Gasteiger charge is 2.22. The fourth-order valence-corrected chi connectivity index (χ4v) is 1.09. The number of hydrogen-bond acceptors (Lipinski definition) is 2. The van der Waals surface area contributed by atoms with Gasteiger partial charge in [-0.1, -0.05) is 6.08 Å². The zero-order chi connectivity index (χ0) is 8.32. The van der Waals surface area contributed by atoms with Gasteiger partial charge < -0.3 is 9.47 Å². The lowest BCUT2D eigenvalue weighted by Gasteiger charge is -2.26. The molecule has 2 nitrogen and oxygen atoms in total. The lowest BCUT2D eigenvalue weighted by atomic mass is 9.97. The molecule has 1 aliphatic rings. The Balaban J connectivity index is 2.75. The van der Waals surface area contributed by atoms with Gasteiger partial charge in [0.15, 0.2) is 0 Å². The Morgan fingerprint density at radius 1 is 1.45 bits per heavy atom. The zero-order valence-corrected chi connectivity index (χ0v) is 7.26. The molecule has 0 N–H and O–H groups in total. The SMILES string of the molecule is COC1=CC(C)(OC)CC=C1. The van der Waals surface area contributed by atoms with Crippen LogP contribution < -0.4 is 0 Å². The molecule has 2 heteroatoms. The van der Waals surface area contributed by atoms with Crippen molar-refractivity contribution in [3.05, 3.63) is 24.0 Å². The number of rotatable bonds is 2. The second-order valence-electron chi connectivity index (χ2n) is 2.87. The molecule has 1 unspecified atom stereocenters. The largest absolute Gasteiger partial charge is 0.497 e. The summed E-state index contributed by atoms with van der Waals surface area (Å²) in [5, 5.41) is 0. The van der Waals surface area contributed by atoms with E-state index < -0.39 is 0 Å².